The molecule has 0 aliphatic heterocycles. The van der Waals surface area contributed by atoms with Crippen molar-refractivity contribution in [1.29, 1.82) is 0 Å². The molecule has 0 aromatic rings. The van der Waals surface area contributed by atoms with Crippen molar-refractivity contribution in [2.24, 2.45) is 0 Å². The molecule has 18 heavy (non-hydrogen) atoms. The Kier molecular flexibility index (Phi) is 66.7. The summed E-state index contributed by atoms with van der Waals surface area (Å²) in [5.74, 6) is 0. The quantitative estimate of drug-likeness (QED) is 0.207. The largest absolute Gasteiger partial charge is 2.00 e. The van der Waals surface area contributed by atoms with E-state index in [1.165, 1.54) is 0 Å². The van der Waals surface area contributed by atoms with E-state index in [1.54, 1.807) is 0 Å². The average molecular weight is 883 g/mol. The van der Waals surface area contributed by atoms with Crippen LogP contribution in [-0.4, -0.2) is 27.3 Å². The van der Waals surface area contributed by atoms with Crippen LogP contribution in [0.15, 0.2) is 0 Å². The molecule has 0 spiro atoms. The van der Waals surface area contributed by atoms with Crippen LogP contribution in [0, 0.1) is 0 Å². The van der Waals surface area contributed by atoms with Gasteiger partial charge in [0.05, 0.1) is 0 Å². The van der Waals surface area contributed by atoms with Crippen LogP contribution in [0.2, 0.25) is 0 Å². The third-order valence-electron chi connectivity index (χ3n) is 0. The molecular weight excluding hydrogens is 883 g/mol. The minimum absolute atomic E-state index is 0. The van der Waals surface area contributed by atoms with Gasteiger partial charge in [0.25, 0.3) is 0 Å². The molecular formula is CdNb4O12Pb. The Morgan fingerprint density at radius 3 is 0.444 bits per heavy atom. The van der Waals surface area contributed by atoms with Gasteiger partial charge < -0.3 is 0 Å². The van der Waals surface area contributed by atoms with Crippen molar-refractivity contribution >= 4 is 27.3 Å². The summed E-state index contributed by atoms with van der Waals surface area (Å²) < 4.78 is 103. The molecule has 0 aromatic heterocycles. The molecule has 18 heteroatoms. The van der Waals surface area contributed by atoms with Gasteiger partial charge in [0.2, 0.25) is 0 Å². The SMILES string of the molecule is [Cd+2].[O]=[Nb](=[O])[O-].[O]=[Nb](=[O])[O-].[O]=[Nb](=[O])[O-].[O]=[Nb](=[O])[O-].[Pb+2]. The minimum Gasteiger partial charge on any atom is 2.00 e. The van der Waals surface area contributed by atoms with Crippen molar-refractivity contribution in [3.05, 3.63) is 0 Å². The second-order valence-electron chi connectivity index (χ2n) is 0.894. The van der Waals surface area contributed by atoms with Crippen molar-refractivity contribution in [3.8, 4) is 0 Å². The van der Waals surface area contributed by atoms with Gasteiger partial charge >= 0.3 is 170 Å². The minimum atomic E-state index is -4.20. The zero-order valence-electron chi connectivity index (χ0n) is 7.89. The van der Waals surface area contributed by atoms with Crippen molar-refractivity contribution in [1.82, 2.24) is 0 Å². The maximum absolute atomic E-state index is 8.60. The maximum atomic E-state index is 8.60. The van der Waals surface area contributed by atoms with Crippen LogP contribution >= 0.6 is 0 Å². The Morgan fingerprint density at radius 1 is 0.444 bits per heavy atom. The molecule has 0 bridgehead atoms. The molecule has 0 unspecified atom stereocenters. The average Bonchev–Trinajstić information content (AvgIpc) is 1.76. The van der Waals surface area contributed by atoms with Crippen molar-refractivity contribution in [2.75, 3.05) is 0 Å². The van der Waals surface area contributed by atoms with Crippen LogP contribution < -0.4 is 14.5 Å². The number of hydrogen-bond acceptors (Lipinski definition) is 12. The molecule has 2 radical (unpaired) electrons. The van der Waals surface area contributed by atoms with E-state index in [0.29, 0.717) is 0 Å². The van der Waals surface area contributed by atoms with Gasteiger partial charge in [-0.05, 0) is 0 Å². The second-order valence-corrected chi connectivity index (χ2v) is 5.29. The topological polar surface area (TPSA) is 229 Å². The van der Waals surface area contributed by atoms with E-state index in [-0.39, 0.29) is 54.6 Å². The predicted octanol–water partition coefficient (Wildman–Crippen LogP) is -6.10. The Hall–Kier alpha value is 3.05. The molecule has 0 heterocycles. The molecule has 0 aliphatic rings. The van der Waals surface area contributed by atoms with Crippen LogP contribution in [-0.2, 0) is 128 Å². The zero-order chi connectivity index (χ0) is 14.3. The van der Waals surface area contributed by atoms with Crippen molar-refractivity contribution < 1.29 is 143 Å². The first kappa shape index (κ1) is 37.4. The summed E-state index contributed by atoms with van der Waals surface area (Å²) in [4.78, 5) is 0. The molecule has 0 N–H and O–H groups in total. The first-order valence-electron chi connectivity index (χ1n) is 2.19. The molecule has 0 atom stereocenters. The summed E-state index contributed by atoms with van der Waals surface area (Å²) in [6.07, 6.45) is 0. The van der Waals surface area contributed by atoms with E-state index in [0.717, 1.165) is 0 Å². The fourth-order valence-corrected chi connectivity index (χ4v) is 0. The van der Waals surface area contributed by atoms with Gasteiger partial charge in [-0.2, -0.15) is 0 Å². The van der Waals surface area contributed by atoms with Crippen molar-refractivity contribution in [3.63, 3.8) is 0 Å². The van der Waals surface area contributed by atoms with Gasteiger partial charge in [-0.25, -0.2) is 0 Å². The van der Waals surface area contributed by atoms with Crippen LogP contribution in [0.4, 0.5) is 0 Å². The normalized spacial score (nSPS) is 5.56. The zero-order valence-corrected chi connectivity index (χ0v) is 24.6. The first-order chi connectivity index (χ1) is 6.93. The Labute approximate surface area is 167 Å². The molecule has 98 valence electrons. The van der Waals surface area contributed by atoms with Crippen LogP contribution in [0.25, 0.3) is 0 Å². The summed E-state index contributed by atoms with van der Waals surface area (Å²) in [6.45, 7) is 0. The van der Waals surface area contributed by atoms with Crippen LogP contribution in [0.3, 0.4) is 0 Å². The Balaban J connectivity index is -0.0000000257. The maximum Gasteiger partial charge on any atom is 2.00 e. The van der Waals surface area contributed by atoms with Crippen molar-refractivity contribution in [2.45, 2.75) is 0 Å². The smallest absolute Gasteiger partial charge is 2.00 e. The van der Waals surface area contributed by atoms with Gasteiger partial charge in [-0.1, -0.05) is 0 Å². The standard InChI is InChI=1S/Cd.4Nb.12O.Pb/q+2;;;;;;;;;;;;;4*-1;+2. The molecule has 0 aromatic carbocycles. The molecule has 0 amide bonds. The monoisotopic (exact) mass is 885 g/mol. The summed E-state index contributed by atoms with van der Waals surface area (Å²) in [7, 11) is 0. The summed E-state index contributed by atoms with van der Waals surface area (Å²) >= 11 is -16.8. The molecule has 0 rings (SSSR count). The summed E-state index contributed by atoms with van der Waals surface area (Å²) in [5.41, 5.74) is 0. The van der Waals surface area contributed by atoms with E-state index in [1.807, 2.05) is 0 Å². The fraction of sp³-hybridized carbons (Fsp3) is 0. The van der Waals surface area contributed by atoms with E-state index in [4.69, 9.17) is 40.5 Å². The second kappa shape index (κ2) is 32.1. The van der Waals surface area contributed by atoms with E-state index in [2.05, 4.69) is 0 Å². The Morgan fingerprint density at radius 2 is 0.444 bits per heavy atom. The number of hydrogen-bond donors (Lipinski definition) is 0. The molecule has 0 saturated carbocycles. The fourth-order valence-electron chi connectivity index (χ4n) is 0. The first-order valence-corrected chi connectivity index (χ1v) is 13.0. The number of rotatable bonds is 0. The molecule has 0 fully saturated rings. The van der Waals surface area contributed by atoms with Gasteiger partial charge in [-0.3, -0.25) is 0 Å². The van der Waals surface area contributed by atoms with Crippen LogP contribution in [0.1, 0.15) is 0 Å². The third kappa shape index (κ3) is 669. The molecule has 0 saturated heterocycles. The van der Waals surface area contributed by atoms with Crippen LogP contribution in [0.5, 0.6) is 0 Å². The molecule has 0 aliphatic carbocycles. The van der Waals surface area contributed by atoms with E-state index >= 15 is 0 Å². The summed E-state index contributed by atoms with van der Waals surface area (Å²) in [6, 6.07) is 0. The van der Waals surface area contributed by atoms with Gasteiger partial charge in [0, 0.05) is 0 Å². The van der Waals surface area contributed by atoms with E-state index in [9.17, 15) is 0 Å². The van der Waals surface area contributed by atoms with Gasteiger partial charge in [-0.15, -0.1) is 0 Å². The predicted molar refractivity (Wildman–Crippen MR) is 11.2 cm³/mol. The van der Waals surface area contributed by atoms with E-state index < -0.39 is 75.1 Å². The third-order valence-corrected chi connectivity index (χ3v) is 0. The Bertz CT molecular complexity index is 298. The molecule has 12 nitrogen and oxygen atoms in total. The van der Waals surface area contributed by atoms with Gasteiger partial charge in [0.1, 0.15) is 0 Å². The van der Waals surface area contributed by atoms with Gasteiger partial charge in [0.15, 0.2) is 0 Å². The summed E-state index contributed by atoms with van der Waals surface area (Å²) in [5, 5.41) is 0.